The van der Waals surface area contributed by atoms with Crippen LogP contribution in [-0.2, 0) is 0 Å². The quantitative estimate of drug-likeness (QED) is 0.394. The van der Waals surface area contributed by atoms with Crippen molar-refractivity contribution in [2.45, 2.75) is 0 Å². The van der Waals surface area contributed by atoms with Crippen molar-refractivity contribution in [1.82, 2.24) is 0 Å². The van der Waals surface area contributed by atoms with Gasteiger partial charge >= 0.3 is 0 Å². The molecule has 0 aromatic heterocycles. The second-order valence-electron chi connectivity index (χ2n) is 0.729. The van der Waals surface area contributed by atoms with E-state index in [-0.39, 0.29) is 0 Å². The number of hydrogen-bond donors (Lipinski definition) is 0. The first-order valence-electron chi connectivity index (χ1n) is 1.71. The number of hydrogen-bond acceptors (Lipinski definition) is 0. The van der Waals surface area contributed by atoms with Crippen LogP contribution < -0.4 is 0 Å². The highest BCUT2D eigenvalue weighted by atomic mass is 13.3. The normalized spacial score (nSPS) is 3.43. The third kappa shape index (κ3) is 4.64. The third-order valence-electron chi connectivity index (χ3n) is 0.302. The second-order valence-corrected chi connectivity index (χ2v) is 0.729. The molecular formula is C7H4. The predicted molar refractivity (Wildman–Crippen MR) is 28.8 cm³/mol. The topological polar surface area (TPSA) is 0 Å². The summed E-state index contributed by atoms with van der Waals surface area (Å²) in [4.78, 5) is 0. The van der Waals surface area contributed by atoms with Crippen molar-refractivity contribution in [1.29, 1.82) is 0 Å². The molecule has 0 bridgehead atoms. The van der Waals surface area contributed by atoms with Gasteiger partial charge in [-0.15, -0.1) is 0 Å². The molecule has 0 nitrogen and oxygen atoms in total. The molecule has 0 rings (SSSR count). The van der Waals surface area contributed by atoms with Gasteiger partial charge < -0.3 is 0 Å². The van der Waals surface area contributed by atoms with Gasteiger partial charge in [0.05, 0.1) is 0 Å². The first kappa shape index (κ1) is 5.64. The van der Waals surface area contributed by atoms with E-state index in [4.69, 9.17) is 0 Å². The summed E-state index contributed by atoms with van der Waals surface area (Å²) >= 11 is 0. The maximum atomic E-state index is 3.25. The van der Waals surface area contributed by atoms with Crippen molar-refractivity contribution in [3.05, 3.63) is 41.8 Å². The van der Waals surface area contributed by atoms with E-state index in [0.717, 1.165) is 0 Å². The minimum atomic E-state index is 2.36. The SMILES string of the molecule is C=C=C=C=C=C=C. The first-order valence-corrected chi connectivity index (χ1v) is 1.71. The van der Waals surface area contributed by atoms with Gasteiger partial charge in [-0.05, 0) is 30.4 Å². The van der Waals surface area contributed by atoms with Gasteiger partial charge in [-0.25, -0.2) is 0 Å². The van der Waals surface area contributed by atoms with E-state index in [9.17, 15) is 0 Å². The summed E-state index contributed by atoms with van der Waals surface area (Å²) in [7, 11) is 0. The molecule has 0 atom stereocenters. The fourth-order valence-corrected chi connectivity index (χ4v) is 0.120. The maximum Gasteiger partial charge on any atom is -0.00139 e. The van der Waals surface area contributed by atoms with Crippen LogP contribution in [0, 0.1) is 0 Å². The smallest absolute Gasteiger partial charge is 0.00139 e. The lowest BCUT2D eigenvalue weighted by Gasteiger charge is -1.33. The molecule has 0 aliphatic carbocycles. The van der Waals surface area contributed by atoms with Gasteiger partial charge in [0.15, 0.2) is 0 Å². The average Bonchev–Trinajstić information content (AvgIpc) is 1.69. The summed E-state index contributed by atoms with van der Waals surface area (Å²) < 4.78 is 0. The fraction of sp³-hybridized carbons (Fsp3) is 0. The molecule has 0 radical (unpaired) electrons. The van der Waals surface area contributed by atoms with Crippen molar-refractivity contribution in [2.24, 2.45) is 0 Å². The summed E-state index contributed by atoms with van der Waals surface area (Å²) in [6.45, 7) is 6.49. The lowest BCUT2D eigenvalue weighted by molar-refractivity contribution is 2.21. The predicted octanol–water partition coefficient (Wildman–Crippen LogP) is 1.58. The Morgan fingerprint density at radius 1 is 0.714 bits per heavy atom. The molecule has 0 amide bonds. The highest BCUT2D eigenvalue weighted by Crippen LogP contribution is 1.47. The Labute approximate surface area is 42.8 Å². The summed E-state index contributed by atoms with van der Waals surface area (Å²) in [5.41, 5.74) is 12.0. The van der Waals surface area contributed by atoms with Crippen LogP contribution in [0.3, 0.4) is 0 Å². The Morgan fingerprint density at radius 3 is 1.43 bits per heavy atom. The Bertz CT molecular complexity index is 182. The molecule has 0 spiro atoms. The molecule has 0 heteroatoms. The fourth-order valence-electron chi connectivity index (χ4n) is 0.120. The maximum absolute atomic E-state index is 3.25. The Balaban J connectivity index is 4.89. The zero-order valence-electron chi connectivity index (χ0n) is 3.91. The molecular weight excluding hydrogens is 84.1 g/mol. The molecule has 0 heterocycles. The monoisotopic (exact) mass is 88.0 g/mol. The van der Waals surface area contributed by atoms with E-state index in [1.165, 1.54) is 0 Å². The largest absolute Gasteiger partial charge is 0.0687 e. The molecule has 32 valence electrons. The van der Waals surface area contributed by atoms with Gasteiger partial charge in [0.25, 0.3) is 0 Å². The standard InChI is InChI=1S/C7H4/c1-3-5-7-6-4-2/h1-2H2. The first-order chi connectivity index (χ1) is 3.41. The van der Waals surface area contributed by atoms with Gasteiger partial charge in [-0.1, -0.05) is 11.5 Å². The van der Waals surface area contributed by atoms with Crippen LogP contribution in [-0.4, -0.2) is 0 Å². The van der Waals surface area contributed by atoms with E-state index in [1.807, 2.05) is 0 Å². The van der Waals surface area contributed by atoms with Crippen LogP contribution in [0.5, 0.6) is 0 Å². The zero-order valence-corrected chi connectivity index (χ0v) is 3.91. The molecule has 0 aliphatic rings. The molecule has 0 saturated carbocycles. The van der Waals surface area contributed by atoms with Crippen LogP contribution in [0.1, 0.15) is 0 Å². The highest BCUT2D eigenvalue weighted by molar-refractivity contribution is 4.82. The Morgan fingerprint density at radius 2 is 1.14 bits per heavy atom. The zero-order chi connectivity index (χ0) is 5.54. The molecule has 0 saturated heterocycles. The van der Waals surface area contributed by atoms with Crippen molar-refractivity contribution in [3.63, 3.8) is 0 Å². The van der Waals surface area contributed by atoms with Gasteiger partial charge in [0, 0.05) is 0 Å². The van der Waals surface area contributed by atoms with Crippen LogP contribution in [0.25, 0.3) is 0 Å². The average molecular weight is 88.1 g/mol. The van der Waals surface area contributed by atoms with E-state index >= 15 is 0 Å². The lowest BCUT2D eigenvalue weighted by atomic mass is 10.7. The van der Waals surface area contributed by atoms with Gasteiger partial charge in [0.1, 0.15) is 0 Å². The molecule has 0 unspecified atom stereocenters. The summed E-state index contributed by atoms with van der Waals surface area (Å²) in [6.07, 6.45) is 0. The molecule has 0 N–H and O–H groups in total. The summed E-state index contributed by atoms with van der Waals surface area (Å²) in [5.74, 6) is 0. The van der Waals surface area contributed by atoms with E-state index in [2.05, 4.69) is 41.8 Å². The molecule has 0 aliphatic heterocycles. The lowest BCUT2D eigenvalue weighted by Crippen LogP contribution is -1.15. The van der Waals surface area contributed by atoms with Crippen LogP contribution in [0.4, 0.5) is 0 Å². The molecule has 0 fully saturated rings. The van der Waals surface area contributed by atoms with Gasteiger partial charge in [0.2, 0.25) is 0 Å². The van der Waals surface area contributed by atoms with Crippen molar-refractivity contribution in [2.75, 3.05) is 0 Å². The summed E-state index contributed by atoms with van der Waals surface area (Å²) in [5, 5.41) is 0. The molecule has 7 heavy (non-hydrogen) atoms. The minimum absolute atomic E-state index is 2.36. The van der Waals surface area contributed by atoms with Crippen LogP contribution >= 0.6 is 0 Å². The minimum Gasteiger partial charge on any atom is -0.0687 e. The van der Waals surface area contributed by atoms with E-state index < -0.39 is 0 Å². The Kier molecular flexibility index (Phi) is 3.74. The highest BCUT2D eigenvalue weighted by Gasteiger charge is 1.29. The summed E-state index contributed by atoms with van der Waals surface area (Å²) in [6, 6.07) is 0. The van der Waals surface area contributed by atoms with Crippen molar-refractivity contribution < 1.29 is 0 Å². The van der Waals surface area contributed by atoms with Crippen LogP contribution in [0.2, 0.25) is 0 Å². The second kappa shape index (κ2) is 4.64. The third-order valence-corrected chi connectivity index (χ3v) is 0.302. The van der Waals surface area contributed by atoms with Gasteiger partial charge in [-0.2, -0.15) is 0 Å². The van der Waals surface area contributed by atoms with Gasteiger partial charge in [-0.3, -0.25) is 0 Å². The van der Waals surface area contributed by atoms with E-state index in [0.29, 0.717) is 0 Å². The van der Waals surface area contributed by atoms with E-state index in [1.54, 1.807) is 0 Å². The molecule has 0 aromatic carbocycles. The van der Waals surface area contributed by atoms with Crippen molar-refractivity contribution >= 4 is 0 Å². The van der Waals surface area contributed by atoms with Crippen LogP contribution in [0.15, 0.2) is 41.8 Å². The Hall–Kier alpha value is -1.36. The van der Waals surface area contributed by atoms with Crippen molar-refractivity contribution in [3.8, 4) is 0 Å². The number of rotatable bonds is 0. The molecule has 0 aromatic rings.